The summed E-state index contributed by atoms with van der Waals surface area (Å²) in [4.78, 5) is 0.718. The smallest absolute Gasteiger partial charge is 0.109 e. The Balaban J connectivity index is 1.77. The Morgan fingerprint density at radius 3 is 2.33 bits per heavy atom. The number of methoxy groups -OCH3 is 1. The van der Waals surface area contributed by atoms with E-state index in [1.165, 1.54) is 0 Å². The summed E-state index contributed by atoms with van der Waals surface area (Å²) in [7, 11) is 0.260. The predicted molar refractivity (Wildman–Crippen MR) is 97.4 cm³/mol. The van der Waals surface area contributed by atoms with Gasteiger partial charge < -0.3 is 9.84 Å². The average molecular weight is 340 g/mol. The second kappa shape index (κ2) is 7.71. The molecule has 0 fully saturated rings. The molecule has 3 atom stereocenters. The molecule has 1 unspecified atom stereocenters. The standard InChI is InChI=1S/C20H20O3S/c1-23-20(16-8-3-2-4-9-16)19(21)14-24(22)18-12-11-15-7-5-6-10-17(15)13-18/h2-13,19-21H,14H2,1H3/t19-,20+,24?/m1/s1. The van der Waals surface area contributed by atoms with Crippen LogP contribution in [0.5, 0.6) is 0 Å². The van der Waals surface area contributed by atoms with Crippen molar-refractivity contribution in [2.24, 2.45) is 0 Å². The van der Waals surface area contributed by atoms with Crippen LogP contribution < -0.4 is 0 Å². The topological polar surface area (TPSA) is 46.5 Å². The van der Waals surface area contributed by atoms with Crippen LogP contribution in [0.4, 0.5) is 0 Å². The van der Waals surface area contributed by atoms with Crippen molar-refractivity contribution in [3.8, 4) is 0 Å². The van der Waals surface area contributed by atoms with Gasteiger partial charge in [-0.3, -0.25) is 4.21 Å². The van der Waals surface area contributed by atoms with Gasteiger partial charge in [0.15, 0.2) is 0 Å². The second-order valence-corrected chi connectivity index (χ2v) is 7.15. The summed E-state index contributed by atoms with van der Waals surface area (Å²) < 4.78 is 18.1. The fourth-order valence-electron chi connectivity index (χ4n) is 2.81. The monoisotopic (exact) mass is 340 g/mol. The number of fused-ring (bicyclic) bond motifs is 1. The van der Waals surface area contributed by atoms with E-state index in [0.717, 1.165) is 21.2 Å². The van der Waals surface area contributed by atoms with Gasteiger partial charge >= 0.3 is 0 Å². The minimum absolute atomic E-state index is 0.131. The molecule has 0 heterocycles. The van der Waals surface area contributed by atoms with Crippen molar-refractivity contribution >= 4 is 21.6 Å². The first-order valence-electron chi connectivity index (χ1n) is 7.82. The summed E-state index contributed by atoms with van der Waals surface area (Å²) in [6.45, 7) is 0. The van der Waals surface area contributed by atoms with Crippen LogP contribution in [-0.2, 0) is 15.5 Å². The molecule has 0 aliphatic carbocycles. The quantitative estimate of drug-likeness (QED) is 0.744. The molecule has 4 heteroatoms. The average Bonchev–Trinajstić information content (AvgIpc) is 2.62. The van der Waals surface area contributed by atoms with Crippen molar-refractivity contribution in [3.63, 3.8) is 0 Å². The predicted octanol–water partition coefficient (Wildman–Crippen LogP) is 3.70. The summed E-state index contributed by atoms with van der Waals surface area (Å²) in [6, 6.07) is 23.2. The van der Waals surface area contributed by atoms with Crippen molar-refractivity contribution in [3.05, 3.63) is 78.4 Å². The summed E-state index contributed by atoms with van der Waals surface area (Å²) in [5, 5.41) is 12.6. The lowest BCUT2D eigenvalue weighted by Crippen LogP contribution is -2.26. The minimum Gasteiger partial charge on any atom is -0.389 e. The van der Waals surface area contributed by atoms with Gasteiger partial charge in [-0.25, -0.2) is 0 Å². The zero-order valence-electron chi connectivity index (χ0n) is 13.5. The largest absolute Gasteiger partial charge is 0.389 e. The van der Waals surface area contributed by atoms with Crippen LogP contribution in [0.1, 0.15) is 11.7 Å². The van der Waals surface area contributed by atoms with Gasteiger partial charge in [0.25, 0.3) is 0 Å². The zero-order chi connectivity index (χ0) is 16.9. The summed E-state index contributed by atoms with van der Waals surface area (Å²) in [5.74, 6) is 0.131. The maximum atomic E-state index is 12.6. The van der Waals surface area contributed by atoms with E-state index in [-0.39, 0.29) is 5.75 Å². The maximum Gasteiger partial charge on any atom is 0.109 e. The summed E-state index contributed by atoms with van der Waals surface area (Å²) in [6.07, 6.45) is -1.33. The first kappa shape index (κ1) is 16.8. The number of rotatable bonds is 6. The zero-order valence-corrected chi connectivity index (χ0v) is 14.3. The van der Waals surface area contributed by atoms with Gasteiger partial charge in [0.05, 0.1) is 22.7 Å². The molecule has 0 amide bonds. The molecule has 3 rings (SSSR count). The van der Waals surface area contributed by atoms with E-state index >= 15 is 0 Å². The Hall–Kier alpha value is -2.01. The Morgan fingerprint density at radius 2 is 1.62 bits per heavy atom. The van der Waals surface area contributed by atoms with Crippen molar-refractivity contribution in [1.29, 1.82) is 0 Å². The lowest BCUT2D eigenvalue weighted by Gasteiger charge is -2.21. The highest BCUT2D eigenvalue weighted by Gasteiger charge is 2.23. The Morgan fingerprint density at radius 1 is 0.958 bits per heavy atom. The number of hydrogen-bond acceptors (Lipinski definition) is 3. The van der Waals surface area contributed by atoms with Crippen LogP contribution in [0.15, 0.2) is 77.7 Å². The Bertz CT molecular complexity index is 832. The van der Waals surface area contributed by atoms with Gasteiger partial charge in [0, 0.05) is 12.0 Å². The van der Waals surface area contributed by atoms with E-state index in [0.29, 0.717) is 0 Å². The highest BCUT2D eigenvalue weighted by molar-refractivity contribution is 7.85. The van der Waals surface area contributed by atoms with E-state index in [1.807, 2.05) is 72.8 Å². The van der Waals surface area contributed by atoms with Crippen LogP contribution in [0.2, 0.25) is 0 Å². The van der Waals surface area contributed by atoms with Crippen molar-refractivity contribution in [1.82, 2.24) is 0 Å². The van der Waals surface area contributed by atoms with Crippen molar-refractivity contribution in [2.45, 2.75) is 17.1 Å². The van der Waals surface area contributed by atoms with Gasteiger partial charge in [-0.15, -0.1) is 0 Å². The molecule has 1 N–H and O–H groups in total. The molecule has 0 saturated carbocycles. The third kappa shape index (κ3) is 3.73. The van der Waals surface area contributed by atoms with Crippen LogP contribution in [0.25, 0.3) is 10.8 Å². The van der Waals surface area contributed by atoms with Crippen LogP contribution in [-0.4, -0.2) is 28.3 Å². The maximum absolute atomic E-state index is 12.6. The normalized spacial score (nSPS) is 15.1. The van der Waals surface area contributed by atoms with Crippen LogP contribution in [0, 0.1) is 0 Å². The third-order valence-electron chi connectivity index (χ3n) is 4.04. The van der Waals surface area contributed by atoms with E-state index in [2.05, 4.69) is 0 Å². The molecule has 0 aliphatic heterocycles. The molecule has 0 aliphatic rings. The summed E-state index contributed by atoms with van der Waals surface area (Å²) >= 11 is 0. The number of hydrogen-bond donors (Lipinski definition) is 1. The molecular weight excluding hydrogens is 320 g/mol. The lowest BCUT2D eigenvalue weighted by molar-refractivity contribution is -0.00142. The second-order valence-electron chi connectivity index (χ2n) is 5.66. The van der Waals surface area contributed by atoms with Gasteiger partial charge in [-0.2, -0.15) is 0 Å². The third-order valence-corrected chi connectivity index (χ3v) is 5.46. The van der Waals surface area contributed by atoms with Gasteiger partial charge in [0.1, 0.15) is 6.10 Å². The SMILES string of the molecule is CO[C@@H](c1ccccc1)[C@H](O)CS(=O)c1ccc2ccccc2c1. The van der Waals surface area contributed by atoms with E-state index in [9.17, 15) is 9.32 Å². The molecule has 3 aromatic carbocycles. The highest BCUT2D eigenvalue weighted by atomic mass is 32.2. The summed E-state index contributed by atoms with van der Waals surface area (Å²) in [5.41, 5.74) is 0.878. The van der Waals surface area contributed by atoms with Crippen molar-refractivity contribution < 1.29 is 14.1 Å². The van der Waals surface area contributed by atoms with E-state index in [1.54, 1.807) is 7.11 Å². The number of ether oxygens (including phenoxy) is 1. The molecule has 124 valence electrons. The first-order valence-corrected chi connectivity index (χ1v) is 9.14. The fourth-order valence-corrected chi connectivity index (χ4v) is 3.96. The first-order chi connectivity index (χ1) is 11.7. The van der Waals surface area contributed by atoms with Crippen molar-refractivity contribution in [2.75, 3.05) is 12.9 Å². The molecule has 0 radical (unpaired) electrons. The molecule has 24 heavy (non-hydrogen) atoms. The van der Waals surface area contributed by atoms with Crippen LogP contribution >= 0.6 is 0 Å². The lowest BCUT2D eigenvalue weighted by atomic mass is 10.1. The highest BCUT2D eigenvalue weighted by Crippen LogP contribution is 2.23. The molecule has 3 nitrogen and oxygen atoms in total. The van der Waals surface area contributed by atoms with Crippen LogP contribution in [0.3, 0.4) is 0 Å². The Labute approximate surface area is 144 Å². The molecule has 0 spiro atoms. The van der Waals surface area contributed by atoms with E-state index in [4.69, 9.17) is 4.74 Å². The molecule has 0 bridgehead atoms. The number of aliphatic hydroxyl groups excluding tert-OH is 1. The van der Waals surface area contributed by atoms with Gasteiger partial charge in [-0.1, -0.05) is 60.7 Å². The van der Waals surface area contributed by atoms with E-state index < -0.39 is 23.0 Å². The molecular formula is C20H20O3S. The fraction of sp³-hybridized carbons (Fsp3) is 0.200. The molecule has 0 saturated heterocycles. The molecule has 0 aromatic heterocycles. The van der Waals surface area contributed by atoms with Gasteiger partial charge in [0.2, 0.25) is 0 Å². The Kier molecular flexibility index (Phi) is 5.41. The minimum atomic E-state index is -1.30. The molecule has 3 aromatic rings. The van der Waals surface area contributed by atoms with Gasteiger partial charge in [-0.05, 0) is 28.5 Å². The number of benzene rings is 3. The number of aliphatic hydroxyl groups is 1.